The van der Waals surface area contributed by atoms with E-state index < -0.39 is 35.9 Å². The highest BCUT2D eigenvalue weighted by Crippen LogP contribution is 2.22. The van der Waals surface area contributed by atoms with Gasteiger partial charge in [-0.2, -0.15) is 0 Å². The molecule has 0 aromatic heterocycles. The van der Waals surface area contributed by atoms with Crippen LogP contribution in [0.2, 0.25) is 0 Å². The summed E-state index contributed by atoms with van der Waals surface area (Å²) in [5, 5.41) is 18.6. The summed E-state index contributed by atoms with van der Waals surface area (Å²) in [6.07, 6.45) is 2.12. The Labute approximate surface area is 592 Å². The maximum Gasteiger partial charge on any atom is 0.407 e. The van der Waals surface area contributed by atoms with E-state index in [1.807, 2.05) is 67.6 Å². The molecule has 0 atom stereocenters. The number of rotatable bonds is 53. The Kier molecular flexibility index (Phi) is 47.4. The number of carbonyl (C=O) groups is 9. The number of ether oxygens (including phenoxy) is 11. The highest BCUT2D eigenvalue weighted by atomic mass is 16.6. The standard InChI is InChI=1S/C39H58N4O11.C33H49N5O9/c1-5-18-49-19-9-13-34(44)31-26-32(35(45)14-10-20-50-22-17-42-38(48)54-39(2,3)4)28-33(27-31)43-36(46)40-15-21-51-24-25-52-23-16-41-37(47)53-29-30-11-7-6-8-12-30;34-10-16-43-14-4-8-30(39)27-22-28(31(40)9-5-15-44-17-11-35)24-29(23-27)38-32(41)36-12-18-45-20-21-46-19-13-37-33(42)47-25-26-6-2-1-3-7-26/h6-8,11-12,26-28H,5,9-10,13-25,29H2,1-4H3,(H,41,47)(H,42,48)(H2,40,43,46);1-3,6-7,22-24H,4-5,8-21,25,34-35H2,(H,37,42)(H2,36,38,41). The Morgan fingerprint density at radius 3 is 0.970 bits per heavy atom. The van der Waals surface area contributed by atoms with Gasteiger partial charge >= 0.3 is 30.3 Å². The lowest BCUT2D eigenvalue weighted by Crippen LogP contribution is -2.34. The molecule has 7 amide bonds. The Morgan fingerprint density at radius 1 is 0.356 bits per heavy atom. The van der Waals surface area contributed by atoms with Crippen molar-refractivity contribution in [1.29, 1.82) is 0 Å². The smallest absolute Gasteiger partial charge is 0.407 e. The molecule has 0 spiro atoms. The van der Waals surface area contributed by atoms with Crippen molar-refractivity contribution in [3.05, 3.63) is 130 Å². The topological polar surface area (TPSA) is 391 Å². The van der Waals surface area contributed by atoms with Gasteiger partial charge in [0.2, 0.25) is 0 Å². The van der Waals surface area contributed by atoms with Crippen LogP contribution in [-0.4, -0.2) is 211 Å². The second kappa shape index (κ2) is 55.2. The molecule has 4 aromatic rings. The van der Waals surface area contributed by atoms with Crippen LogP contribution in [0.1, 0.15) is 138 Å². The van der Waals surface area contributed by atoms with E-state index in [0.717, 1.165) is 17.5 Å². The van der Waals surface area contributed by atoms with Crippen LogP contribution in [0.15, 0.2) is 97.1 Å². The summed E-state index contributed by atoms with van der Waals surface area (Å²) < 4.78 is 59.0. The molecular weight excluding hydrogens is 1310 g/mol. The number of hydrogen-bond donors (Lipinski definition) is 9. The first-order chi connectivity index (χ1) is 48.9. The number of Topliss-reactive ketones (excluding diaryl/α,β-unsaturated/α-hetero) is 4. The SMILES string of the molecule is CCCOCCCC(=O)c1cc(NC(=O)NCCOCCOCCNC(=O)OCc2ccccc2)cc(C(=O)CCCOCCNC(=O)OC(C)(C)C)c1.NCCOCCCC(=O)c1cc(NC(=O)NCCOCCOCCNC(=O)OCc2ccccc2)cc(C(=O)CCCOCCN)c1. The zero-order valence-electron chi connectivity index (χ0n) is 59.1. The van der Waals surface area contributed by atoms with Gasteiger partial charge in [0.1, 0.15) is 18.8 Å². The highest BCUT2D eigenvalue weighted by Gasteiger charge is 2.19. The van der Waals surface area contributed by atoms with Crippen molar-refractivity contribution < 1.29 is 95.3 Å². The van der Waals surface area contributed by atoms with Gasteiger partial charge in [0.15, 0.2) is 23.1 Å². The number of carbonyl (C=O) groups excluding carboxylic acids is 9. The van der Waals surface area contributed by atoms with Crippen LogP contribution < -0.4 is 48.7 Å². The van der Waals surface area contributed by atoms with E-state index in [-0.39, 0.29) is 121 Å². The molecule has 101 heavy (non-hydrogen) atoms. The molecule has 0 fully saturated rings. The summed E-state index contributed by atoms with van der Waals surface area (Å²) in [5.74, 6) is -0.701. The van der Waals surface area contributed by atoms with Gasteiger partial charge in [-0.15, -0.1) is 0 Å². The van der Waals surface area contributed by atoms with Crippen LogP contribution in [0.25, 0.3) is 0 Å². The van der Waals surface area contributed by atoms with Crippen molar-refractivity contribution in [2.24, 2.45) is 11.5 Å². The lowest BCUT2D eigenvalue weighted by Gasteiger charge is -2.19. The number of amides is 7. The van der Waals surface area contributed by atoms with Crippen LogP contribution in [0.5, 0.6) is 0 Å². The van der Waals surface area contributed by atoms with Gasteiger partial charge < -0.3 is 101 Å². The molecule has 0 saturated carbocycles. The molecule has 11 N–H and O–H groups in total. The third-order valence-electron chi connectivity index (χ3n) is 13.5. The van der Waals surface area contributed by atoms with Gasteiger partial charge in [0.25, 0.3) is 0 Å². The van der Waals surface area contributed by atoms with Crippen LogP contribution in [0.4, 0.5) is 35.3 Å². The Bertz CT molecular complexity index is 2970. The second-order valence-corrected chi connectivity index (χ2v) is 23.3. The summed E-state index contributed by atoms with van der Waals surface area (Å²) in [7, 11) is 0. The van der Waals surface area contributed by atoms with E-state index in [0.29, 0.717) is 152 Å². The first-order valence-electron chi connectivity index (χ1n) is 34.3. The minimum absolute atomic E-state index is 0.159. The fourth-order valence-electron chi connectivity index (χ4n) is 8.69. The molecule has 0 aliphatic carbocycles. The molecule has 0 aliphatic heterocycles. The summed E-state index contributed by atoms with van der Waals surface area (Å²) in [6, 6.07) is 27.0. The minimum Gasteiger partial charge on any atom is -0.445 e. The van der Waals surface area contributed by atoms with Crippen LogP contribution in [0.3, 0.4) is 0 Å². The van der Waals surface area contributed by atoms with Gasteiger partial charge in [-0.1, -0.05) is 67.6 Å². The molecule has 0 bridgehead atoms. The zero-order valence-corrected chi connectivity index (χ0v) is 59.1. The number of alkyl carbamates (subject to hydrolysis) is 3. The Morgan fingerprint density at radius 2 is 0.653 bits per heavy atom. The monoisotopic (exact) mass is 1420 g/mol. The molecule has 0 saturated heterocycles. The van der Waals surface area contributed by atoms with Gasteiger partial charge in [-0.05, 0) is 100 Å². The largest absolute Gasteiger partial charge is 0.445 e. The van der Waals surface area contributed by atoms with Crippen LogP contribution >= 0.6 is 0 Å². The number of anilines is 2. The van der Waals surface area contributed by atoms with Crippen molar-refractivity contribution in [3.8, 4) is 0 Å². The molecular formula is C72H107N9O20. The predicted molar refractivity (Wildman–Crippen MR) is 380 cm³/mol. The quantitative estimate of drug-likeness (QED) is 0.0114. The van der Waals surface area contributed by atoms with Gasteiger partial charge in [-0.25, -0.2) is 24.0 Å². The fraction of sp³-hybridized carbons (Fsp3) is 0.542. The maximum atomic E-state index is 13.1. The van der Waals surface area contributed by atoms with E-state index >= 15 is 0 Å². The molecule has 4 aromatic carbocycles. The molecule has 560 valence electrons. The van der Waals surface area contributed by atoms with Crippen molar-refractivity contribution in [3.63, 3.8) is 0 Å². The second-order valence-electron chi connectivity index (χ2n) is 23.3. The molecule has 4 rings (SSSR count). The first kappa shape index (κ1) is 86.7. The number of urea groups is 2. The summed E-state index contributed by atoms with van der Waals surface area (Å²) in [5.41, 5.74) is 13.9. The molecule has 0 unspecified atom stereocenters. The highest BCUT2D eigenvalue weighted by molar-refractivity contribution is 6.05. The Hall–Kier alpha value is -8.49. The first-order valence-corrected chi connectivity index (χ1v) is 34.3. The fourth-order valence-corrected chi connectivity index (χ4v) is 8.69. The van der Waals surface area contributed by atoms with E-state index in [1.165, 1.54) is 0 Å². The Balaban J connectivity index is 0.000000530. The lowest BCUT2D eigenvalue weighted by molar-refractivity contribution is 0.0497. The van der Waals surface area contributed by atoms with Crippen molar-refractivity contribution in [2.75, 3.05) is 162 Å². The van der Waals surface area contributed by atoms with Crippen LogP contribution in [-0.2, 0) is 65.3 Å². The average Bonchev–Trinajstić information content (AvgIpc) is 0.849. The molecule has 0 aliphatic rings. The number of nitrogens with one attached hydrogen (secondary N) is 7. The third-order valence-corrected chi connectivity index (χ3v) is 13.5. The number of nitrogens with two attached hydrogens (primary N) is 2. The van der Waals surface area contributed by atoms with E-state index in [9.17, 15) is 43.2 Å². The van der Waals surface area contributed by atoms with Gasteiger partial charge in [0, 0.05) is 138 Å². The maximum absolute atomic E-state index is 13.1. The molecule has 0 radical (unpaired) electrons. The summed E-state index contributed by atoms with van der Waals surface area (Å²) in [4.78, 5) is 112. The number of benzene rings is 4. The molecule has 29 nitrogen and oxygen atoms in total. The molecule has 29 heteroatoms. The van der Waals surface area contributed by atoms with Crippen molar-refractivity contribution in [1.82, 2.24) is 26.6 Å². The van der Waals surface area contributed by atoms with Crippen LogP contribution in [0, 0.1) is 0 Å². The molecule has 0 heterocycles. The van der Waals surface area contributed by atoms with Gasteiger partial charge in [-0.3, -0.25) is 19.2 Å². The third kappa shape index (κ3) is 45.1. The minimum atomic E-state index is -0.592. The average molecular weight is 1420 g/mol. The zero-order chi connectivity index (χ0) is 73.4. The lowest BCUT2D eigenvalue weighted by atomic mass is 9.99. The van der Waals surface area contributed by atoms with Crippen molar-refractivity contribution >= 4 is 64.8 Å². The van der Waals surface area contributed by atoms with E-state index in [2.05, 4.69) is 37.2 Å². The normalized spacial score (nSPS) is 10.9. The number of hydrogen-bond acceptors (Lipinski definition) is 22. The predicted octanol–water partition coefficient (Wildman–Crippen LogP) is 8.31. The van der Waals surface area contributed by atoms with E-state index in [1.54, 1.807) is 57.2 Å². The summed E-state index contributed by atoms with van der Waals surface area (Å²) >= 11 is 0. The number of ketones is 4. The van der Waals surface area contributed by atoms with E-state index in [4.69, 9.17) is 63.6 Å². The summed E-state index contributed by atoms with van der Waals surface area (Å²) in [6.45, 7) is 15.3. The van der Waals surface area contributed by atoms with Crippen molar-refractivity contribution in [2.45, 2.75) is 104 Å². The van der Waals surface area contributed by atoms with Gasteiger partial charge in [0.05, 0.1) is 72.7 Å².